The molecule has 14 heteroatoms. The van der Waals surface area contributed by atoms with Crippen molar-refractivity contribution in [3.63, 3.8) is 0 Å². The van der Waals surface area contributed by atoms with E-state index in [-0.39, 0.29) is 51.2 Å². The number of nitrogens with zero attached hydrogens (tertiary/aromatic N) is 2. The van der Waals surface area contributed by atoms with E-state index in [1.54, 1.807) is 89.5 Å². The molecule has 0 saturated carbocycles. The molecule has 2 heterocycles. The Morgan fingerprint density at radius 3 is 1.20 bits per heavy atom. The van der Waals surface area contributed by atoms with E-state index < -0.39 is 38.9 Å². The van der Waals surface area contributed by atoms with Gasteiger partial charge in [-0.25, -0.2) is 0 Å². The van der Waals surface area contributed by atoms with Crippen molar-refractivity contribution in [2.45, 2.75) is 77.8 Å². The molecule has 2 saturated heterocycles. The Kier molecular flexibility index (Phi) is 9.98. The molecule has 2 aliphatic heterocycles. The number of rotatable bonds is 6. The van der Waals surface area contributed by atoms with Crippen LogP contribution in [0, 0.1) is 0 Å². The first kappa shape index (κ1) is 32.3. The third-order valence-electron chi connectivity index (χ3n) is 5.83. The first-order valence-corrected chi connectivity index (χ1v) is 15.2. The minimum Gasteiger partial charge on any atom is -0.480 e. The molecule has 40 heavy (non-hydrogen) atoms. The van der Waals surface area contributed by atoms with Crippen LogP contribution in [0.5, 0.6) is 11.5 Å². The van der Waals surface area contributed by atoms with Crippen LogP contribution >= 0.6 is 16.5 Å². The molecule has 0 aromatic heterocycles. The summed E-state index contributed by atoms with van der Waals surface area (Å²) in [6.45, 7) is 14.0. The van der Waals surface area contributed by atoms with E-state index in [1.807, 2.05) is 0 Å². The number of hydrogen-bond acceptors (Lipinski definition) is 10. The summed E-state index contributed by atoms with van der Waals surface area (Å²) in [6.07, 6.45) is 0. The van der Waals surface area contributed by atoms with E-state index in [9.17, 15) is 18.7 Å². The van der Waals surface area contributed by atoms with Gasteiger partial charge in [0.15, 0.2) is 24.7 Å². The van der Waals surface area contributed by atoms with Crippen LogP contribution in [0.15, 0.2) is 24.3 Å². The Labute approximate surface area is 237 Å². The van der Waals surface area contributed by atoms with Crippen LogP contribution in [0.25, 0.3) is 0 Å². The first-order chi connectivity index (χ1) is 18.4. The molecule has 0 aliphatic carbocycles. The molecule has 0 unspecified atom stereocenters. The zero-order valence-corrected chi connectivity index (χ0v) is 26.2. The molecule has 0 spiro atoms. The van der Waals surface area contributed by atoms with Crippen LogP contribution in [0.3, 0.4) is 0 Å². The summed E-state index contributed by atoms with van der Waals surface area (Å²) < 4.78 is 57.9. The van der Waals surface area contributed by atoms with Crippen LogP contribution in [0.2, 0.25) is 0 Å². The smallest absolute Gasteiger partial charge is 0.480 e. The van der Waals surface area contributed by atoms with Gasteiger partial charge in [0.1, 0.15) is 22.4 Å². The van der Waals surface area contributed by atoms with Gasteiger partial charge in [0.25, 0.3) is 11.8 Å². The van der Waals surface area contributed by atoms with Crippen molar-refractivity contribution in [1.82, 2.24) is 9.80 Å². The number of hydrogen-bond donors (Lipinski definition) is 0. The monoisotopic (exact) mass is 602 g/mol. The van der Waals surface area contributed by atoms with Crippen LogP contribution in [0.4, 0.5) is 0 Å². The highest BCUT2D eigenvalue weighted by atomic mass is 31.1. The van der Waals surface area contributed by atoms with E-state index in [1.165, 1.54) is 0 Å². The molecule has 0 atom stereocenters. The van der Waals surface area contributed by atoms with E-state index in [0.717, 1.165) is 0 Å². The maximum absolute atomic E-state index is 13.2. The summed E-state index contributed by atoms with van der Waals surface area (Å²) in [5.41, 5.74) is -3.55. The predicted octanol–water partition coefficient (Wildman–Crippen LogP) is 4.62. The molecular weight excluding hydrogens is 562 g/mol. The molecular formula is C26H40N2O10P2+2. The van der Waals surface area contributed by atoms with Gasteiger partial charge in [0.05, 0.1) is 26.2 Å². The molecule has 3 rings (SSSR count). The molecule has 0 bridgehead atoms. The van der Waals surface area contributed by atoms with Crippen LogP contribution < -0.4 is 9.47 Å². The average molecular weight is 603 g/mol. The van der Waals surface area contributed by atoms with Crippen molar-refractivity contribution in [3.05, 3.63) is 24.3 Å². The molecule has 2 aliphatic rings. The van der Waals surface area contributed by atoms with Gasteiger partial charge in [0, 0.05) is 9.13 Å². The van der Waals surface area contributed by atoms with Gasteiger partial charge in [-0.2, -0.15) is 0 Å². The van der Waals surface area contributed by atoms with Gasteiger partial charge in [-0.1, -0.05) is 12.1 Å². The third kappa shape index (κ3) is 9.72. The summed E-state index contributed by atoms with van der Waals surface area (Å²) in [7, 11) is -4.64. The van der Waals surface area contributed by atoms with Crippen molar-refractivity contribution in [1.29, 1.82) is 0 Å². The van der Waals surface area contributed by atoms with Crippen molar-refractivity contribution >= 4 is 28.3 Å². The van der Waals surface area contributed by atoms with Crippen LogP contribution in [-0.4, -0.2) is 83.4 Å². The molecule has 12 nitrogen and oxygen atoms in total. The maximum atomic E-state index is 13.2. The lowest BCUT2D eigenvalue weighted by Gasteiger charge is -2.35. The maximum Gasteiger partial charge on any atom is 0.698 e. The molecule has 0 N–H and O–H groups in total. The molecule has 1 aromatic carbocycles. The SMILES string of the molecule is CC1(C)CN(C(=O)COc2ccccc2OCC(=O)N2CC(C)(C)O[P+](=O)OC(C)(C)C2)CC(C)(C)O[P+](=O)O1. The molecule has 1 aromatic rings. The highest BCUT2D eigenvalue weighted by Gasteiger charge is 2.47. The molecule has 2 fully saturated rings. The summed E-state index contributed by atoms with van der Waals surface area (Å²) in [4.78, 5) is 29.4. The summed E-state index contributed by atoms with van der Waals surface area (Å²) >= 11 is 0. The minimum absolute atomic E-state index is 0.194. The average Bonchev–Trinajstić information content (AvgIpc) is 2.76. The predicted molar refractivity (Wildman–Crippen MR) is 146 cm³/mol. The summed E-state index contributed by atoms with van der Waals surface area (Å²) in [6, 6.07) is 6.75. The zero-order chi connectivity index (χ0) is 29.9. The lowest BCUT2D eigenvalue weighted by Crippen LogP contribution is -2.52. The fourth-order valence-corrected chi connectivity index (χ4v) is 6.33. The van der Waals surface area contributed by atoms with E-state index >= 15 is 0 Å². The second kappa shape index (κ2) is 12.3. The molecule has 0 radical (unpaired) electrons. The highest BCUT2D eigenvalue weighted by Crippen LogP contribution is 2.40. The topological polar surface area (TPSA) is 130 Å². The lowest BCUT2D eigenvalue weighted by atomic mass is 10.1. The standard InChI is InChI=1S/C26H40N2O10P2/c1-23(2)15-27(16-24(3,4)36-39(31)35-23)21(29)13-33-19-11-9-10-12-20(19)34-14-22(30)28-17-25(5,6)37-40(32)38-26(7,8)18-28/h9-12H,13-18H2,1-8H3/q+2. The van der Waals surface area contributed by atoms with Crippen molar-refractivity contribution < 1.29 is 46.3 Å². The normalized spacial score (nSPS) is 22.4. The highest BCUT2D eigenvalue weighted by molar-refractivity contribution is 7.33. The fraction of sp³-hybridized carbons (Fsp3) is 0.692. The fourth-order valence-electron chi connectivity index (χ4n) is 4.41. The Balaban J connectivity index is 1.65. The first-order valence-electron chi connectivity index (χ1n) is 13.0. The second-order valence-corrected chi connectivity index (χ2v) is 14.0. The van der Waals surface area contributed by atoms with Crippen LogP contribution in [0.1, 0.15) is 55.4 Å². The van der Waals surface area contributed by atoms with E-state index in [2.05, 4.69) is 0 Å². The van der Waals surface area contributed by atoms with Crippen molar-refractivity contribution in [2.24, 2.45) is 0 Å². The number of carbonyl (C=O) groups excluding carboxylic acids is 2. The van der Waals surface area contributed by atoms with Crippen molar-refractivity contribution in [2.75, 3.05) is 39.4 Å². The van der Waals surface area contributed by atoms with E-state index in [4.69, 9.17) is 27.6 Å². The van der Waals surface area contributed by atoms with E-state index in [0.29, 0.717) is 11.5 Å². The number of carbonyl (C=O) groups is 2. The Morgan fingerprint density at radius 1 is 0.650 bits per heavy atom. The van der Waals surface area contributed by atoms with Gasteiger partial charge < -0.3 is 19.3 Å². The summed E-state index contributed by atoms with van der Waals surface area (Å²) in [5.74, 6) is -0.0527. The second-order valence-electron chi connectivity index (χ2n) is 12.4. The Bertz CT molecular complexity index is 1010. The molecule has 222 valence electrons. The number of ether oxygens (including phenoxy) is 2. The lowest BCUT2D eigenvalue weighted by molar-refractivity contribution is -0.141. The Hall–Kier alpha value is -2.20. The summed E-state index contributed by atoms with van der Waals surface area (Å²) in [5, 5.41) is 0. The third-order valence-corrected chi connectivity index (χ3v) is 8.40. The number of para-hydroxylation sites is 2. The van der Waals surface area contributed by atoms with Gasteiger partial charge in [-0.15, -0.1) is 18.1 Å². The quantitative estimate of drug-likeness (QED) is 0.425. The van der Waals surface area contributed by atoms with Gasteiger partial charge in [-0.3, -0.25) is 9.59 Å². The molecule has 2 amide bonds. The van der Waals surface area contributed by atoms with Gasteiger partial charge in [-0.05, 0) is 67.5 Å². The minimum atomic E-state index is -2.32. The number of amides is 2. The zero-order valence-electron chi connectivity index (χ0n) is 24.4. The van der Waals surface area contributed by atoms with Crippen molar-refractivity contribution in [3.8, 4) is 11.5 Å². The number of benzene rings is 1. The van der Waals surface area contributed by atoms with Crippen LogP contribution in [-0.2, 0) is 36.8 Å². The van der Waals surface area contributed by atoms with Gasteiger partial charge in [0.2, 0.25) is 0 Å². The largest absolute Gasteiger partial charge is 0.698 e. The Morgan fingerprint density at radius 2 is 0.925 bits per heavy atom. The van der Waals surface area contributed by atoms with Gasteiger partial charge >= 0.3 is 16.5 Å².